The molecule has 0 bridgehead atoms. The van der Waals surface area contributed by atoms with Gasteiger partial charge >= 0.3 is 0 Å². The molecule has 0 spiro atoms. The first-order valence-corrected chi connectivity index (χ1v) is 11.3. The van der Waals surface area contributed by atoms with Gasteiger partial charge < -0.3 is 10.2 Å². The van der Waals surface area contributed by atoms with Crippen LogP contribution in [-0.4, -0.2) is 0 Å². The number of anilines is 3. The molecule has 3 aromatic rings. The molecular weight excluding hydrogens is 400 g/mol. The Morgan fingerprint density at radius 1 is 0.697 bits per heavy atom. The van der Waals surface area contributed by atoms with Crippen LogP contribution in [0.5, 0.6) is 0 Å². The highest BCUT2D eigenvalue weighted by Crippen LogP contribution is 2.30. The van der Waals surface area contributed by atoms with Gasteiger partial charge in [0.15, 0.2) is 0 Å². The fourth-order valence-electron chi connectivity index (χ4n) is 3.65. The van der Waals surface area contributed by atoms with E-state index in [4.69, 9.17) is 0 Å². The predicted molar refractivity (Wildman–Crippen MR) is 146 cm³/mol. The highest BCUT2D eigenvalue weighted by molar-refractivity contribution is 5.72. The first-order valence-electron chi connectivity index (χ1n) is 11.3. The Labute approximate surface area is 198 Å². The van der Waals surface area contributed by atoms with Gasteiger partial charge in [0.25, 0.3) is 0 Å². The van der Waals surface area contributed by atoms with E-state index in [-0.39, 0.29) is 0 Å². The molecule has 0 radical (unpaired) electrons. The number of hydrogen-bond acceptors (Lipinski definition) is 2. The Morgan fingerprint density at radius 3 is 1.79 bits per heavy atom. The molecule has 0 aliphatic heterocycles. The number of hydrogen-bond donors (Lipinski definition) is 1. The van der Waals surface area contributed by atoms with Crippen molar-refractivity contribution in [3.8, 4) is 11.1 Å². The fraction of sp³-hybridized carbons (Fsp3) is 0.0968. The van der Waals surface area contributed by atoms with Crippen LogP contribution < -0.4 is 10.2 Å². The molecule has 0 aliphatic rings. The van der Waals surface area contributed by atoms with Gasteiger partial charge in [-0.05, 0) is 86.5 Å². The zero-order valence-corrected chi connectivity index (χ0v) is 19.7. The second kappa shape index (κ2) is 12.1. The minimum atomic E-state index is 1.06. The first kappa shape index (κ1) is 23.6. The van der Waals surface area contributed by atoms with Gasteiger partial charge in [0.2, 0.25) is 0 Å². The Morgan fingerprint density at radius 2 is 1.24 bits per heavy atom. The maximum atomic E-state index is 3.90. The zero-order chi connectivity index (χ0) is 23.5. The van der Waals surface area contributed by atoms with E-state index in [2.05, 4.69) is 109 Å². The number of allylic oxidation sites excluding steroid dienone is 7. The first-order chi connectivity index (χ1) is 16.2. The number of benzene rings is 3. The third-order valence-corrected chi connectivity index (χ3v) is 5.18. The lowest BCUT2D eigenvalue weighted by atomic mass is 10.0. The maximum absolute atomic E-state index is 3.90. The van der Waals surface area contributed by atoms with E-state index in [0.29, 0.717) is 0 Å². The molecule has 2 nitrogen and oxygen atoms in total. The maximum Gasteiger partial charge on any atom is 0.0461 e. The molecule has 0 heterocycles. The van der Waals surface area contributed by atoms with Crippen LogP contribution in [0.1, 0.15) is 20.8 Å². The summed E-state index contributed by atoms with van der Waals surface area (Å²) in [5, 5.41) is 3.43. The number of rotatable bonds is 9. The summed E-state index contributed by atoms with van der Waals surface area (Å²) in [7, 11) is 0. The second-order valence-corrected chi connectivity index (χ2v) is 7.49. The van der Waals surface area contributed by atoms with Crippen molar-refractivity contribution in [2.24, 2.45) is 0 Å². The Bertz CT molecular complexity index is 1150. The summed E-state index contributed by atoms with van der Waals surface area (Å²) in [6.07, 6.45) is 14.3. The van der Waals surface area contributed by atoms with Gasteiger partial charge in [-0.1, -0.05) is 73.3 Å². The summed E-state index contributed by atoms with van der Waals surface area (Å²) in [5.74, 6) is 0. The largest absolute Gasteiger partial charge is 0.356 e. The van der Waals surface area contributed by atoms with Crippen LogP contribution in [0.15, 0.2) is 139 Å². The number of para-hydroxylation sites is 1. The van der Waals surface area contributed by atoms with Gasteiger partial charge in [-0.2, -0.15) is 0 Å². The topological polar surface area (TPSA) is 15.3 Å². The Balaban J connectivity index is 1.88. The van der Waals surface area contributed by atoms with Crippen molar-refractivity contribution < 1.29 is 0 Å². The van der Waals surface area contributed by atoms with Crippen LogP contribution in [-0.2, 0) is 0 Å². The van der Waals surface area contributed by atoms with Crippen molar-refractivity contribution >= 4 is 17.1 Å². The average molecular weight is 433 g/mol. The van der Waals surface area contributed by atoms with Crippen LogP contribution in [0.3, 0.4) is 0 Å². The molecule has 0 aromatic heterocycles. The van der Waals surface area contributed by atoms with Crippen LogP contribution in [0, 0.1) is 0 Å². The van der Waals surface area contributed by atoms with E-state index in [1.165, 1.54) is 11.1 Å². The zero-order valence-electron chi connectivity index (χ0n) is 19.7. The lowest BCUT2D eigenvalue weighted by molar-refractivity contribution is 1.13. The molecule has 0 saturated carbocycles. The number of nitrogens with one attached hydrogen (secondary N) is 1. The smallest absolute Gasteiger partial charge is 0.0461 e. The summed E-state index contributed by atoms with van der Waals surface area (Å²) < 4.78 is 0. The third kappa shape index (κ3) is 6.24. The molecule has 1 N–H and O–H groups in total. The summed E-state index contributed by atoms with van der Waals surface area (Å²) in [5.41, 5.74) is 7.77. The molecule has 3 rings (SSSR count). The predicted octanol–water partition coefficient (Wildman–Crippen LogP) is 9.03. The van der Waals surface area contributed by atoms with Crippen molar-refractivity contribution in [1.82, 2.24) is 0 Å². The average Bonchev–Trinajstić information content (AvgIpc) is 2.85. The normalized spacial score (nSPS) is 12.3. The monoisotopic (exact) mass is 432 g/mol. The number of nitrogens with zero attached hydrogens (tertiary/aromatic N) is 1. The molecular formula is C31H32N2. The van der Waals surface area contributed by atoms with Gasteiger partial charge in [-0.15, -0.1) is 0 Å². The summed E-state index contributed by atoms with van der Waals surface area (Å²) >= 11 is 0. The van der Waals surface area contributed by atoms with E-state index in [0.717, 1.165) is 28.5 Å². The molecule has 166 valence electrons. The van der Waals surface area contributed by atoms with Gasteiger partial charge in [0.1, 0.15) is 0 Å². The minimum absolute atomic E-state index is 1.06. The van der Waals surface area contributed by atoms with Gasteiger partial charge in [0, 0.05) is 28.5 Å². The molecule has 0 amide bonds. The van der Waals surface area contributed by atoms with Gasteiger partial charge in [0.05, 0.1) is 0 Å². The molecule has 0 saturated heterocycles. The van der Waals surface area contributed by atoms with Gasteiger partial charge in [-0.25, -0.2) is 0 Å². The van der Waals surface area contributed by atoms with Crippen LogP contribution in [0.4, 0.5) is 17.1 Å². The van der Waals surface area contributed by atoms with Crippen LogP contribution in [0.25, 0.3) is 11.1 Å². The molecule has 33 heavy (non-hydrogen) atoms. The van der Waals surface area contributed by atoms with E-state index in [1.54, 1.807) is 0 Å². The SMILES string of the molecule is C=C/C=C(\C=C/C)N(C(/C=C\C)=C/C)c1ccc(-c2ccc(Nc3ccccc3)cc2)cc1. The van der Waals surface area contributed by atoms with E-state index in [1.807, 2.05) is 50.3 Å². The highest BCUT2D eigenvalue weighted by atomic mass is 15.1. The molecule has 0 aliphatic carbocycles. The standard InChI is InChI=1S/C31H32N2/c1-5-12-29(8-4)33(30(13-6-2)14-7-3)31-23-19-26(20-24-31)25-17-21-28(22-18-25)32-27-15-10-9-11-16-27/h5-24,32H,2H2,1,3-4H3/b12-5-,14-7-,29-8+,30-13+. The van der Waals surface area contributed by atoms with E-state index < -0.39 is 0 Å². The van der Waals surface area contributed by atoms with Crippen molar-refractivity contribution in [2.45, 2.75) is 20.8 Å². The fourth-order valence-corrected chi connectivity index (χ4v) is 3.65. The van der Waals surface area contributed by atoms with E-state index >= 15 is 0 Å². The lowest BCUT2D eigenvalue weighted by Gasteiger charge is -2.27. The van der Waals surface area contributed by atoms with E-state index in [9.17, 15) is 0 Å². The van der Waals surface area contributed by atoms with Crippen molar-refractivity contribution in [2.75, 3.05) is 10.2 Å². The van der Waals surface area contributed by atoms with Crippen LogP contribution in [0.2, 0.25) is 0 Å². The summed E-state index contributed by atoms with van der Waals surface area (Å²) in [6.45, 7) is 10.0. The summed E-state index contributed by atoms with van der Waals surface area (Å²) in [4.78, 5) is 2.23. The molecule has 0 atom stereocenters. The second-order valence-electron chi connectivity index (χ2n) is 7.49. The molecule has 0 unspecified atom stereocenters. The summed E-state index contributed by atoms with van der Waals surface area (Å²) in [6, 6.07) is 27.4. The molecule has 0 fully saturated rings. The quantitative estimate of drug-likeness (QED) is 0.339. The Hall–Kier alpha value is -4.04. The minimum Gasteiger partial charge on any atom is -0.356 e. The molecule has 2 heteroatoms. The lowest BCUT2D eigenvalue weighted by Crippen LogP contribution is -2.19. The van der Waals surface area contributed by atoms with Gasteiger partial charge in [-0.3, -0.25) is 0 Å². The third-order valence-electron chi connectivity index (χ3n) is 5.18. The highest BCUT2D eigenvalue weighted by Gasteiger charge is 2.13. The van der Waals surface area contributed by atoms with Crippen LogP contribution >= 0.6 is 0 Å². The Kier molecular flexibility index (Phi) is 8.67. The molecule has 3 aromatic carbocycles. The van der Waals surface area contributed by atoms with Crippen molar-refractivity contribution in [1.29, 1.82) is 0 Å². The van der Waals surface area contributed by atoms with Crippen molar-refractivity contribution in [3.63, 3.8) is 0 Å². The van der Waals surface area contributed by atoms with Crippen molar-refractivity contribution in [3.05, 3.63) is 139 Å².